The van der Waals surface area contributed by atoms with Crippen LogP contribution in [-0.2, 0) is 11.2 Å². The molecule has 0 amide bonds. The Morgan fingerprint density at radius 3 is 2.47 bits per heavy atom. The number of ether oxygens (including phenoxy) is 1. The van der Waals surface area contributed by atoms with E-state index in [9.17, 15) is 4.39 Å². The molecule has 2 fully saturated rings. The van der Waals surface area contributed by atoms with E-state index in [1.807, 2.05) is 12.1 Å². The van der Waals surface area contributed by atoms with Gasteiger partial charge in [-0.25, -0.2) is 4.39 Å². The second-order valence-corrected chi connectivity index (χ2v) is 6.07. The normalized spacial score (nSPS) is 22.4. The van der Waals surface area contributed by atoms with Gasteiger partial charge in [-0.1, -0.05) is 12.1 Å². The van der Waals surface area contributed by atoms with Crippen molar-refractivity contribution in [1.29, 1.82) is 0 Å². The number of benzene rings is 1. The molecule has 2 aliphatic rings. The summed E-state index contributed by atoms with van der Waals surface area (Å²) in [6, 6.07) is 7.72. The third kappa shape index (κ3) is 3.54. The maximum atomic E-state index is 13.0. The largest absolute Gasteiger partial charge is 0.381 e. The Labute approximate surface area is 114 Å². The SMILES string of the molecule is Fc1ccc(CC2(CNC3CC3)CCOCC2)cc1. The van der Waals surface area contributed by atoms with E-state index >= 15 is 0 Å². The predicted molar refractivity (Wildman–Crippen MR) is 73.6 cm³/mol. The summed E-state index contributed by atoms with van der Waals surface area (Å²) in [6.07, 6.45) is 5.87. The molecule has 1 aliphatic heterocycles. The molecule has 0 atom stereocenters. The van der Waals surface area contributed by atoms with Gasteiger partial charge in [0.05, 0.1) is 0 Å². The Morgan fingerprint density at radius 2 is 1.84 bits per heavy atom. The van der Waals surface area contributed by atoms with Crippen LogP contribution in [0.15, 0.2) is 24.3 Å². The lowest BCUT2D eigenvalue weighted by atomic mass is 9.75. The van der Waals surface area contributed by atoms with Gasteiger partial charge in [-0.15, -0.1) is 0 Å². The quantitative estimate of drug-likeness (QED) is 0.882. The first-order valence-electron chi connectivity index (χ1n) is 7.31. The minimum Gasteiger partial charge on any atom is -0.381 e. The van der Waals surface area contributed by atoms with E-state index < -0.39 is 0 Å². The fourth-order valence-electron chi connectivity index (χ4n) is 2.90. The van der Waals surface area contributed by atoms with Crippen molar-refractivity contribution >= 4 is 0 Å². The third-order valence-electron chi connectivity index (χ3n) is 4.39. The second kappa shape index (κ2) is 5.59. The molecule has 2 nitrogen and oxygen atoms in total. The summed E-state index contributed by atoms with van der Waals surface area (Å²) < 4.78 is 18.5. The number of rotatable bonds is 5. The van der Waals surface area contributed by atoms with Crippen molar-refractivity contribution in [3.05, 3.63) is 35.6 Å². The molecular weight excluding hydrogens is 241 g/mol. The van der Waals surface area contributed by atoms with Crippen molar-refractivity contribution in [2.75, 3.05) is 19.8 Å². The first-order chi connectivity index (χ1) is 9.26. The molecule has 0 spiro atoms. The number of halogens is 1. The van der Waals surface area contributed by atoms with Crippen molar-refractivity contribution in [3.8, 4) is 0 Å². The summed E-state index contributed by atoms with van der Waals surface area (Å²) in [7, 11) is 0. The van der Waals surface area contributed by atoms with Gasteiger partial charge in [-0.05, 0) is 55.2 Å². The van der Waals surface area contributed by atoms with Gasteiger partial charge >= 0.3 is 0 Å². The van der Waals surface area contributed by atoms with Crippen LogP contribution in [0.3, 0.4) is 0 Å². The summed E-state index contributed by atoms with van der Waals surface area (Å²) in [5.41, 5.74) is 1.53. The van der Waals surface area contributed by atoms with Gasteiger partial charge < -0.3 is 10.1 Å². The Morgan fingerprint density at radius 1 is 1.16 bits per heavy atom. The summed E-state index contributed by atoms with van der Waals surface area (Å²) in [5, 5.41) is 3.67. The molecule has 1 heterocycles. The molecule has 3 rings (SSSR count). The van der Waals surface area contributed by atoms with Crippen LogP contribution in [-0.4, -0.2) is 25.8 Å². The van der Waals surface area contributed by atoms with Gasteiger partial charge in [0, 0.05) is 25.8 Å². The maximum absolute atomic E-state index is 13.0. The molecule has 1 N–H and O–H groups in total. The van der Waals surface area contributed by atoms with Crippen LogP contribution in [0, 0.1) is 11.2 Å². The van der Waals surface area contributed by atoms with E-state index in [0.717, 1.165) is 45.1 Å². The molecule has 1 aliphatic carbocycles. The first kappa shape index (κ1) is 13.1. The number of hydrogen-bond donors (Lipinski definition) is 1. The zero-order valence-corrected chi connectivity index (χ0v) is 11.3. The lowest BCUT2D eigenvalue weighted by Gasteiger charge is -2.38. The van der Waals surface area contributed by atoms with Crippen LogP contribution < -0.4 is 5.32 Å². The van der Waals surface area contributed by atoms with Crippen molar-refractivity contribution in [3.63, 3.8) is 0 Å². The van der Waals surface area contributed by atoms with Crippen LogP contribution in [0.5, 0.6) is 0 Å². The molecule has 0 radical (unpaired) electrons. The number of nitrogens with one attached hydrogen (secondary N) is 1. The molecule has 1 saturated carbocycles. The van der Waals surface area contributed by atoms with Gasteiger partial charge in [0.2, 0.25) is 0 Å². The van der Waals surface area contributed by atoms with E-state index in [2.05, 4.69) is 5.32 Å². The molecule has 0 unspecified atom stereocenters. The highest BCUT2D eigenvalue weighted by Crippen LogP contribution is 2.35. The maximum Gasteiger partial charge on any atom is 0.123 e. The minimum absolute atomic E-state index is 0.152. The van der Waals surface area contributed by atoms with Crippen molar-refractivity contribution in [2.24, 2.45) is 5.41 Å². The van der Waals surface area contributed by atoms with Crippen molar-refractivity contribution < 1.29 is 9.13 Å². The van der Waals surface area contributed by atoms with Gasteiger partial charge in [-0.2, -0.15) is 0 Å². The molecular formula is C16H22FNO. The fraction of sp³-hybridized carbons (Fsp3) is 0.625. The Balaban J connectivity index is 1.68. The van der Waals surface area contributed by atoms with E-state index in [-0.39, 0.29) is 5.82 Å². The molecule has 1 aromatic carbocycles. The average molecular weight is 263 g/mol. The lowest BCUT2D eigenvalue weighted by molar-refractivity contribution is 0.0147. The monoisotopic (exact) mass is 263 g/mol. The molecule has 0 bridgehead atoms. The molecule has 0 aromatic heterocycles. The van der Waals surface area contributed by atoms with Gasteiger partial charge in [0.15, 0.2) is 0 Å². The van der Waals surface area contributed by atoms with Crippen LogP contribution in [0.4, 0.5) is 4.39 Å². The smallest absolute Gasteiger partial charge is 0.123 e. The van der Waals surface area contributed by atoms with E-state index in [0.29, 0.717) is 5.41 Å². The Hall–Kier alpha value is -0.930. The zero-order valence-electron chi connectivity index (χ0n) is 11.3. The highest BCUT2D eigenvalue weighted by atomic mass is 19.1. The summed E-state index contributed by atoms with van der Waals surface area (Å²) in [5.74, 6) is -0.152. The highest BCUT2D eigenvalue weighted by Gasteiger charge is 2.34. The molecule has 19 heavy (non-hydrogen) atoms. The summed E-state index contributed by atoms with van der Waals surface area (Å²) >= 11 is 0. The van der Waals surface area contributed by atoms with Gasteiger partial charge in [-0.3, -0.25) is 0 Å². The summed E-state index contributed by atoms with van der Waals surface area (Å²) in [4.78, 5) is 0. The van der Waals surface area contributed by atoms with Crippen LogP contribution >= 0.6 is 0 Å². The molecule has 1 saturated heterocycles. The molecule has 104 valence electrons. The van der Waals surface area contributed by atoms with E-state index in [4.69, 9.17) is 4.74 Å². The van der Waals surface area contributed by atoms with Crippen molar-refractivity contribution in [1.82, 2.24) is 5.32 Å². The third-order valence-corrected chi connectivity index (χ3v) is 4.39. The first-order valence-corrected chi connectivity index (χ1v) is 7.31. The number of hydrogen-bond acceptors (Lipinski definition) is 2. The lowest BCUT2D eigenvalue weighted by Crippen LogP contribution is -2.41. The predicted octanol–water partition coefficient (Wildman–Crippen LogP) is 2.92. The zero-order chi connectivity index (χ0) is 13.1. The minimum atomic E-state index is -0.152. The second-order valence-electron chi connectivity index (χ2n) is 6.07. The van der Waals surface area contributed by atoms with Crippen LogP contribution in [0.25, 0.3) is 0 Å². The fourth-order valence-corrected chi connectivity index (χ4v) is 2.90. The van der Waals surface area contributed by atoms with Crippen LogP contribution in [0.1, 0.15) is 31.2 Å². The van der Waals surface area contributed by atoms with Gasteiger partial charge in [0.1, 0.15) is 5.82 Å². The Bertz CT molecular complexity index is 407. The highest BCUT2D eigenvalue weighted by molar-refractivity contribution is 5.18. The van der Waals surface area contributed by atoms with E-state index in [1.165, 1.54) is 18.4 Å². The molecule has 3 heteroatoms. The Kier molecular flexibility index (Phi) is 3.85. The average Bonchev–Trinajstić information content (AvgIpc) is 3.25. The standard InChI is InChI=1S/C16H22FNO/c17-14-3-1-13(2-4-14)11-16(7-9-19-10-8-16)12-18-15-5-6-15/h1-4,15,18H,5-12H2. The van der Waals surface area contributed by atoms with E-state index in [1.54, 1.807) is 12.1 Å². The topological polar surface area (TPSA) is 21.3 Å². The van der Waals surface area contributed by atoms with Crippen molar-refractivity contribution in [2.45, 2.75) is 38.1 Å². The molecule has 1 aromatic rings. The summed E-state index contributed by atoms with van der Waals surface area (Å²) in [6.45, 7) is 2.78. The van der Waals surface area contributed by atoms with Crippen LogP contribution in [0.2, 0.25) is 0 Å². The van der Waals surface area contributed by atoms with Gasteiger partial charge in [0.25, 0.3) is 0 Å².